The Hall–Kier alpha value is -4.35. The van der Waals surface area contributed by atoms with Gasteiger partial charge < -0.3 is 14.3 Å². The lowest BCUT2D eigenvalue weighted by Gasteiger charge is -2.31. The number of methoxy groups -OCH3 is 1. The van der Waals surface area contributed by atoms with E-state index in [0.29, 0.717) is 30.3 Å². The smallest absolute Gasteiger partial charge is 0.332 e. The summed E-state index contributed by atoms with van der Waals surface area (Å²) in [5.74, 6) is 1.48. The van der Waals surface area contributed by atoms with E-state index in [-0.39, 0.29) is 11.6 Å². The summed E-state index contributed by atoms with van der Waals surface area (Å²) in [7, 11) is 3.09. The monoisotopic (exact) mass is 573 g/mol. The average Bonchev–Trinajstić information content (AvgIpc) is 3.78. The van der Waals surface area contributed by atoms with Gasteiger partial charge in [-0.15, -0.1) is 10.2 Å². The minimum atomic E-state index is -1.31. The van der Waals surface area contributed by atoms with Crippen molar-refractivity contribution in [3.63, 3.8) is 0 Å². The SMILES string of the molecule is CCCCc1nc(Cl)c([C@](Cc2ncc[nH]2)(NC)C(=O)OC)n1Cc1ccc(-c2ccccc2-c2nn[nH]n2)cc1. The van der Waals surface area contributed by atoms with Crippen LogP contribution in [-0.4, -0.2) is 60.3 Å². The Labute approximate surface area is 242 Å². The zero-order valence-corrected chi connectivity index (χ0v) is 23.9. The second-order valence-electron chi connectivity index (χ2n) is 9.69. The number of esters is 1. The number of aromatic amines is 2. The molecule has 0 aliphatic carbocycles. The number of rotatable bonds is 12. The van der Waals surface area contributed by atoms with Crippen molar-refractivity contribution in [1.82, 2.24) is 45.5 Å². The number of nitrogens with one attached hydrogen (secondary N) is 3. The highest BCUT2D eigenvalue weighted by Gasteiger charge is 2.46. The fourth-order valence-electron chi connectivity index (χ4n) is 5.13. The number of H-pyrrole nitrogens is 2. The third-order valence-corrected chi connectivity index (χ3v) is 7.49. The Morgan fingerprint density at radius 3 is 2.56 bits per heavy atom. The van der Waals surface area contributed by atoms with Crippen LogP contribution in [0.4, 0.5) is 0 Å². The number of likely N-dealkylation sites (N-methyl/N-ethyl adjacent to an activating group) is 1. The number of halogens is 1. The maximum atomic E-state index is 13.5. The number of carbonyl (C=O) groups is 1. The molecule has 0 spiro atoms. The van der Waals surface area contributed by atoms with Crippen LogP contribution >= 0.6 is 11.6 Å². The van der Waals surface area contributed by atoms with Crippen LogP contribution in [0, 0.1) is 0 Å². The summed E-state index contributed by atoms with van der Waals surface area (Å²) in [6.45, 7) is 2.59. The molecule has 3 heterocycles. The quantitative estimate of drug-likeness (QED) is 0.187. The van der Waals surface area contributed by atoms with Crippen LogP contribution in [0.2, 0.25) is 5.15 Å². The molecule has 0 bridgehead atoms. The normalized spacial score (nSPS) is 12.8. The van der Waals surface area contributed by atoms with Gasteiger partial charge in [-0.3, -0.25) is 5.32 Å². The summed E-state index contributed by atoms with van der Waals surface area (Å²) in [5, 5.41) is 18.0. The first-order chi connectivity index (χ1) is 20.0. The summed E-state index contributed by atoms with van der Waals surface area (Å²) < 4.78 is 7.35. The van der Waals surface area contributed by atoms with Crippen molar-refractivity contribution in [2.24, 2.45) is 0 Å². The number of aryl methyl sites for hydroxylation is 1. The number of carbonyl (C=O) groups excluding carboxylic acids is 1. The number of imidazole rings is 2. The molecular weight excluding hydrogens is 542 g/mol. The van der Waals surface area contributed by atoms with Gasteiger partial charge in [0, 0.05) is 37.3 Å². The number of benzene rings is 2. The van der Waals surface area contributed by atoms with Gasteiger partial charge in [0.05, 0.1) is 12.8 Å². The Morgan fingerprint density at radius 2 is 1.93 bits per heavy atom. The van der Waals surface area contributed by atoms with Gasteiger partial charge in [0.2, 0.25) is 5.82 Å². The van der Waals surface area contributed by atoms with E-state index in [2.05, 4.69) is 67.1 Å². The average molecular weight is 574 g/mol. The summed E-state index contributed by atoms with van der Waals surface area (Å²) in [5.41, 5.74) is 3.14. The molecule has 0 saturated carbocycles. The molecule has 0 saturated heterocycles. The van der Waals surface area contributed by atoms with Crippen LogP contribution < -0.4 is 5.32 Å². The van der Waals surface area contributed by atoms with Crippen molar-refractivity contribution in [2.45, 2.75) is 44.7 Å². The lowest BCUT2D eigenvalue weighted by molar-refractivity contribution is -0.149. The van der Waals surface area contributed by atoms with Crippen molar-refractivity contribution in [2.75, 3.05) is 14.2 Å². The number of aromatic nitrogens is 8. The fourth-order valence-corrected chi connectivity index (χ4v) is 5.49. The van der Waals surface area contributed by atoms with Gasteiger partial charge >= 0.3 is 5.97 Å². The third kappa shape index (κ3) is 5.63. The second kappa shape index (κ2) is 12.4. The maximum Gasteiger partial charge on any atom is 0.332 e. The van der Waals surface area contributed by atoms with Crippen LogP contribution in [0.3, 0.4) is 0 Å². The molecule has 212 valence electrons. The van der Waals surface area contributed by atoms with E-state index in [0.717, 1.165) is 40.9 Å². The van der Waals surface area contributed by atoms with E-state index < -0.39 is 11.5 Å². The molecule has 3 aromatic heterocycles. The Bertz CT molecular complexity index is 1580. The third-order valence-electron chi connectivity index (χ3n) is 7.23. The zero-order valence-electron chi connectivity index (χ0n) is 23.2. The number of ether oxygens (including phenoxy) is 1. The number of nitrogens with zero attached hydrogens (tertiary/aromatic N) is 6. The first-order valence-corrected chi connectivity index (χ1v) is 13.8. The van der Waals surface area contributed by atoms with Gasteiger partial charge in [-0.25, -0.2) is 14.8 Å². The van der Waals surface area contributed by atoms with E-state index in [1.165, 1.54) is 7.11 Å². The van der Waals surface area contributed by atoms with Crippen molar-refractivity contribution in [3.05, 3.63) is 89.0 Å². The van der Waals surface area contributed by atoms with E-state index in [9.17, 15) is 4.79 Å². The zero-order chi connectivity index (χ0) is 28.8. The minimum Gasteiger partial charge on any atom is -0.467 e. The van der Waals surface area contributed by atoms with Gasteiger partial charge in [0.1, 0.15) is 11.6 Å². The highest BCUT2D eigenvalue weighted by molar-refractivity contribution is 6.30. The standard InChI is InChI=1S/C29H32ClN9O2/c1-4-5-10-24-34-26(30)25(29(31-2,28(40)41-3)17-23-32-15-16-33-23)39(24)18-19-11-13-20(14-12-19)21-8-6-7-9-22(21)27-35-37-38-36-27/h6-9,11-16,31H,4-5,10,17-18H2,1-3H3,(H,32,33)(H,35,36,37,38)/t29-/m0/s1. The van der Waals surface area contributed by atoms with Crippen LogP contribution in [0.1, 0.15) is 42.7 Å². The number of hydrogen-bond donors (Lipinski definition) is 3. The molecule has 5 aromatic rings. The van der Waals surface area contributed by atoms with Gasteiger partial charge in [0.25, 0.3) is 0 Å². The van der Waals surface area contributed by atoms with Crippen molar-refractivity contribution in [3.8, 4) is 22.5 Å². The second-order valence-corrected chi connectivity index (χ2v) is 10.1. The minimum absolute atomic E-state index is 0.202. The van der Waals surface area contributed by atoms with E-state index in [1.807, 2.05) is 28.8 Å². The largest absolute Gasteiger partial charge is 0.467 e. The summed E-state index contributed by atoms with van der Waals surface area (Å²) in [6.07, 6.45) is 6.21. The molecule has 0 aliphatic heterocycles. The molecule has 3 N–H and O–H groups in total. The summed E-state index contributed by atoms with van der Waals surface area (Å²) >= 11 is 6.84. The van der Waals surface area contributed by atoms with Gasteiger partial charge in [-0.2, -0.15) is 5.21 Å². The first kappa shape index (κ1) is 28.2. The van der Waals surface area contributed by atoms with Crippen LogP contribution in [0.5, 0.6) is 0 Å². The molecule has 0 radical (unpaired) electrons. The molecule has 0 fully saturated rings. The van der Waals surface area contributed by atoms with Crippen LogP contribution in [-0.2, 0) is 34.5 Å². The van der Waals surface area contributed by atoms with Crippen molar-refractivity contribution >= 4 is 17.6 Å². The van der Waals surface area contributed by atoms with E-state index >= 15 is 0 Å². The molecule has 11 nitrogen and oxygen atoms in total. The summed E-state index contributed by atoms with van der Waals surface area (Å²) in [4.78, 5) is 25.7. The molecule has 41 heavy (non-hydrogen) atoms. The lowest BCUT2D eigenvalue weighted by Crippen LogP contribution is -2.51. The number of hydrogen-bond acceptors (Lipinski definition) is 8. The molecule has 2 aromatic carbocycles. The highest BCUT2D eigenvalue weighted by atomic mass is 35.5. The molecule has 12 heteroatoms. The first-order valence-electron chi connectivity index (χ1n) is 13.4. The Morgan fingerprint density at radius 1 is 1.15 bits per heavy atom. The van der Waals surface area contributed by atoms with Gasteiger partial charge in [-0.05, 0) is 35.4 Å². The van der Waals surface area contributed by atoms with Crippen molar-refractivity contribution < 1.29 is 9.53 Å². The Balaban J connectivity index is 1.55. The van der Waals surface area contributed by atoms with E-state index in [1.54, 1.807) is 19.4 Å². The van der Waals surface area contributed by atoms with Crippen LogP contribution in [0.15, 0.2) is 60.9 Å². The van der Waals surface area contributed by atoms with Gasteiger partial charge in [0.15, 0.2) is 10.7 Å². The molecule has 0 unspecified atom stereocenters. The highest BCUT2D eigenvalue weighted by Crippen LogP contribution is 2.35. The number of unbranched alkanes of at least 4 members (excludes halogenated alkanes) is 1. The molecule has 0 aliphatic rings. The molecular formula is C29H32ClN9O2. The van der Waals surface area contributed by atoms with E-state index in [4.69, 9.17) is 21.3 Å². The molecule has 0 amide bonds. The Kier molecular flexibility index (Phi) is 8.55. The van der Waals surface area contributed by atoms with Crippen molar-refractivity contribution in [1.29, 1.82) is 0 Å². The number of tetrazole rings is 1. The summed E-state index contributed by atoms with van der Waals surface area (Å²) in [6, 6.07) is 16.2. The fraction of sp³-hybridized carbons (Fsp3) is 0.310. The molecule has 1 atom stereocenters. The lowest BCUT2D eigenvalue weighted by atomic mass is 9.90. The van der Waals surface area contributed by atoms with Gasteiger partial charge in [-0.1, -0.05) is 73.5 Å². The topological polar surface area (TPSA) is 139 Å². The predicted octanol–water partition coefficient (Wildman–Crippen LogP) is 4.33. The predicted molar refractivity (Wildman–Crippen MR) is 155 cm³/mol. The molecule has 5 rings (SSSR count). The van der Waals surface area contributed by atoms with Crippen LogP contribution in [0.25, 0.3) is 22.5 Å². The maximum absolute atomic E-state index is 13.5.